The molecule has 1 unspecified atom stereocenters. The number of piperidine rings is 1. The number of carbonyl (C=O) groups excluding carboxylic acids is 1. The number of carbonyl (C=O) groups is 1. The Kier molecular flexibility index (Phi) is 7.46. The van der Waals surface area contributed by atoms with E-state index in [1.807, 2.05) is 18.2 Å². The first-order valence-electron chi connectivity index (χ1n) is 10.4. The molecule has 0 spiro atoms. The summed E-state index contributed by atoms with van der Waals surface area (Å²) in [5.41, 5.74) is 3.63. The smallest absolute Gasteiger partial charge is 0.227 e. The number of benzene rings is 2. The molecule has 1 saturated heterocycles. The lowest BCUT2D eigenvalue weighted by Crippen LogP contribution is -2.29. The minimum Gasteiger partial charge on any atom is -0.351 e. The van der Waals surface area contributed by atoms with Gasteiger partial charge in [0.25, 0.3) is 0 Å². The van der Waals surface area contributed by atoms with Crippen LogP contribution in [0.1, 0.15) is 61.6 Å². The van der Waals surface area contributed by atoms with E-state index in [0.717, 1.165) is 30.5 Å². The highest BCUT2D eigenvalue weighted by Gasteiger charge is 2.19. The number of hydrogen-bond acceptors (Lipinski definition) is 2. The van der Waals surface area contributed by atoms with Crippen molar-refractivity contribution in [3.8, 4) is 0 Å². The summed E-state index contributed by atoms with van der Waals surface area (Å²) in [7, 11) is 0. The Bertz CT molecular complexity index is 690. The van der Waals surface area contributed by atoms with E-state index in [0.29, 0.717) is 6.54 Å². The van der Waals surface area contributed by atoms with E-state index in [4.69, 9.17) is 0 Å². The van der Waals surface area contributed by atoms with Crippen LogP contribution in [0.15, 0.2) is 54.6 Å². The summed E-state index contributed by atoms with van der Waals surface area (Å²) in [5, 5.41) is 3.13. The lowest BCUT2D eigenvalue weighted by atomic mass is 9.93. The third-order valence-electron chi connectivity index (χ3n) is 5.44. The first kappa shape index (κ1) is 19.6. The summed E-state index contributed by atoms with van der Waals surface area (Å²) in [6, 6.07) is 18.8. The molecular formula is C24H32N2O. The van der Waals surface area contributed by atoms with Gasteiger partial charge in [0.15, 0.2) is 0 Å². The van der Waals surface area contributed by atoms with Gasteiger partial charge in [0, 0.05) is 13.1 Å². The standard InChI is InChI=1S/C24H32N2O/c1-2-9-23(22-10-5-3-6-11-22)24(27)25-18-20-12-14-21(15-13-20)19-26-16-7-4-8-17-26/h3,5-6,10-15,23H,2,4,7-9,16-19H2,1H3,(H,25,27). The Balaban J connectivity index is 1.53. The number of rotatable bonds is 8. The summed E-state index contributed by atoms with van der Waals surface area (Å²) >= 11 is 0. The second kappa shape index (κ2) is 10.3. The normalized spacial score (nSPS) is 16.0. The van der Waals surface area contributed by atoms with Gasteiger partial charge in [0.1, 0.15) is 0 Å². The molecule has 3 heteroatoms. The van der Waals surface area contributed by atoms with E-state index in [-0.39, 0.29) is 11.8 Å². The summed E-state index contributed by atoms with van der Waals surface area (Å²) in [4.78, 5) is 15.3. The summed E-state index contributed by atoms with van der Waals surface area (Å²) in [5.74, 6) is 0.0648. The van der Waals surface area contributed by atoms with Crippen LogP contribution in [0.25, 0.3) is 0 Å². The molecule has 2 aromatic carbocycles. The SMILES string of the molecule is CCCC(C(=O)NCc1ccc(CN2CCCCC2)cc1)c1ccccc1. The molecule has 0 aliphatic carbocycles. The van der Waals surface area contributed by atoms with E-state index in [1.165, 1.54) is 37.9 Å². The fourth-order valence-corrected chi connectivity index (χ4v) is 3.87. The van der Waals surface area contributed by atoms with Gasteiger partial charge in [-0.05, 0) is 49.0 Å². The molecule has 0 radical (unpaired) electrons. The predicted molar refractivity (Wildman–Crippen MR) is 112 cm³/mol. The molecule has 1 N–H and O–H groups in total. The van der Waals surface area contributed by atoms with Crippen molar-refractivity contribution in [2.45, 2.75) is 58.0 Å². The summed E-state index contributed by atoms with van der Waals surface area (Å²) in [6.07, 6.45) is 5.90. The lowest BCUT2D eigenvalue weighted by molar-refractivity contribution is -0.122. The maximum absolute atomic E-state index is 12.7. The van der Waals surface area contributed by atoms with Crippen LogP contribution in [0.4, 0.5) is 0 Å². The molecule has 1 atom stereocenters. The highest BCUT2D eigenvalue weighted by Crippen LogP contribution is 2.21. The summed E-state index contributed by atoms with van der Waals surface area (Å²) in [6.45, 7) is 6.20. The number of hydrogen-bond donors (Lipinski definition) is 1. The molecule has 27 heavy (non-hydrogen) atoms. The van der Waals surface area contributed by atoms with Gasteiger partial charge in [0.05, 0.1) is 5.92 Å². The average Bonchev–Trinajstić information content (AvgIpc) is 2.73. The largest absolute Gasteiger partial charge is 0.351 e. The van der Waals surface area contributed by atoms with E-state index in [1.54, 1.807) is 0 Å². The Hall–Kier alpha value is -2.13. The van der Waals surface area contributed by atoms with Crippen molar-refractivity contribution >= 4 is 5.91 Å². The number of likely N-dealkylation sites (tertiary alicyclic amines) is 1. The van der Waals surface area contributed by atoms with E-state index >= 15 is 0 Å². The van der Waals surface area contributed by atoms with Crippen LogP contribution in [0.5, 0.6) is 0 Å². The molecule has 0 bridgehead atoms. The molecule has 1 heterocycles. The first-order chi connectivity index (χ1) is 13.3. The van der Waals surface area contributed by atoms with Crippen LogP contribution in [0.3, 0.4) is 0 Å². The molecule has 1 amide bonds. The van der Waals surface area contributed by atoms with E-state index < -0.39 is 0 Å². The van der Waals surface area contributed by atoms with Crippen LogP contribution < -0.4 is 5.32 Å². The molecular weight excluding hydrogens is 332 g/mol. The van der Waals surface area contributed by atoms with Gasteiger partial charge in [-0.15, -0.1) is 0 Å². The number of nitrogens with one attached hydrogen (secondary N) is 1. The molecule has 0 saturated carbocycles. The van der Waals surface area contributed by atoms with Crippen molar-refractivity contribution < 1.29 is 4.79 Å². The van der Waals surface area contributed by atoms with Gasteiger partial charge >= 0.3 is 0 Å². The fraction of sp³-hybridized carbons (Fsp3) is 0.458. The van der Waals surface area contributed by atoms with Crippen molar-refractivity contribution in [2.75, 3.05) is 13.1 Å². The Morgan fingerprint density at radius 2 is 1.63 bits per heavy atom. The van der Waals surface area contributed by atoms with Crippen molar-refractivity contribution in [1.82, 2.24) is 10.2 Å². The van der Waals surface area contributed by atoms with Gasteiger partial charge in [-0.3, -0.25) is 9.69 Å². The van der Waals surface area contributed by atoms with E-state index in [9.17, 15) is 4.79 Å². The van der Waals surface area contributed by atoms with E-state index in [2.05, 4.69) is 53.5 Å². The minimum atomic E-state index is -0.0606. The second-order valence-electron chi connectivity index (χ2n) is 7.62. The van der Waals surface area contributed by atoms with Crippen molar-refractivity contribution in [3.63, 3.8) is 0 Å². The number of nitrogens with zero attached hydrogens (tertiary/aromatic N) is 1. The van der Waals surface area contributed by atoms with Crippen molar-refractivity contribution in [3.05, 3.63) is 71.3 Å². The molecule has 3 nitrogen and oxygen atoms in total. The maximum atomic E-state index is 12.7. The maximum Gasteiger partial charge on any atom is 0.227 e. The zero-order chi connectivity index (χ0) is 18.9. The zero-order valence-electron chi connectivity index (χ0n) is 16.5. The van der Waals surface area contributed by atoms with Crippen LogP contribution in [-0.2, 0) is 17.9 Å². The van der Waals surface area contributed by atoms with Crippen molar-refractivity contribution in [1.29, 1.82) is 0 Å². The first-order valence-corrected chi connectivity index (χ1v) is 10.4. The summed E-state index contributed by atoms with van der Waals surface area (Å²) < 4.78 is 0. The van der Waals surface area contributed by atoms with Crippen LogP contribution in [0, 0.1) is 0 Å². The Morgan fingerprint density at radius 1 is 0.963 bits per heavy atom. The lowest BCUT2D eigenvalue weighted by Gasteiger charge is -2.26. The highest BCUT2D eigenvalue weighted by molar-refractivity contribution is 5.83. The van der Waals surface area contributed by atoms with Gasteiger partial charge in [-0.1, -0.05) is 74.4 Å². The third-order valence-corrected chi connectivity index (χ3v) is 5.44. The molecule has 0 aromatic heterocycles. The fourth-order valence-electron chi connectivity index (χ4n) is 3.87. The average molecular weight is 365 g/mol. The van der Waals surface area contributed by atoms with Crippen LogP contribution in [-0.4, -0.2) is 23.9 Å². The molecule has 1 aliphatic heterocycles. The van der Waals surface area contributed by atoms with Gasteiger partial charge < -0.3 is 5.32 Å². The quantitative estimate of drug-likeness (QED) is 0.724. The predicted octanol–water partition coefficient (Wildman–Crippen LogP) is 4.87. The second-order valence-corrected chi connectivity index (χ2v) is 7.62. The molecule has 1 aliphatic rings. The topological polar surface area (TPSA) is 32.3 Å². The van der Waals surface area contributed by atoms with Gasteiger partial charge in [0.2, 0.25) is 5.91 Å². The van der Waals surface area contributed by atoms with Crippen LogP contribution in [0.2, 0.25) is 0 Å². The number of amides is 1. The van der Waals surface area contributed by atoms with Gasteiger partial charge in [-0.25, -0.2) is 0 Å². The molecule has 3 rings (SSSR count). The van der Waals surface area contributed by atoms with Gasteiger partial charge in [-0.2, -0.15) is 0 Å². The Morgan fingerprint density at radius 3 is 2.30 bits per heavy atom. The molecule has 2 aromatic rings. The molecule has 1 fully saturated rings. The van der Waals surface area contributed by atoms with Crippen LogP contribution >= 0.6 is 0 Å². The zero-order valence-corrected chi connectivity index (χ0v) is 16.5. The Labute approximate surface area is 163 Å². The highest BCUT2D eigenvalue weighted by atomic mass is 16.1. The van der Waals surface area contributed by atoms with Crippen molar-refractivity contribution in [2.24, 2.45) is 0 Å². The third kappa shape index (κ3) is 5.93. The monoisotopic (exact) mass is 364 g/mol. The minimum absolute atomic E-state index is 0.0606. The molecule has 144 valence electrons.